The lowest BCUT2D eigenvalue weighted by Gasteiger charge is -2.22. The normalized spacial score (nSPS) is 16.4. The summed E-state index contributed by atoms with van der Waals surface area (Å²) in [6, 6.07) is 3.96. The molecule has 0 spiro atoms. The second-order valence-electron chi connectivity index (χ2n) is 5.69. The number of non-ortho nitro benzene ring substituents is 1. The number of aromatic nitrogens is 2. The molecular formula is C15H16Cl3N5O3. The number of likely N-dealkylation sites (tertiary alicyclic amines) is 1. The minimum absolute atomic E-state index is 0. The molecule has 8 nitrogen and oxygen atoms in total. The van der Waals surface area contributed by atoms with Crippen molar-refractivity contribution >= 4 is 47.2 Å². The molecule has 1 amide bonds. The van der Waals surface area contributed by atoms with E-state index in [9.17, 15) is 14.9 Å². The Morgan fingerprint density at radius 3 is 2.62 bits per heavy atom. The number of nitro benzene ring substituents is 1. The Labute approximate surface area is 165 Å². The first-order chi connectivity index (χ1) is 11.9. The van der Waals surface area contributed by atoms with Gasteiger partial charge in [0, 0.05) is 37.5 Å². The molecule has 1 fully saturated rings. The molecule has 0 saturated carbocycles. The van der Waals surface area contributed by atoms with Gasteiger partial charge in [-0.05, 0) is 18.9 Å². The maximum atomic E-state index is 12.6. The Hall–Kier alpha value is -1.87. The largest absolute Gasteiger partial charge is 0.333 e. The summed E-state index contributed by atoms with van der Waals surface area (Å²) < 4.78 is 1.34. The minimum Gasteiger partial charge on any atom is -0.333 e. The van der Waals surface area contributed by atoms with Crippen molar-refractivity contribution in [3.8, 4) is 5.69 Å². The fourth-order valence-corrected chi connectivity index (χ4v) is 3.58. The lowest BCUT2D eigenvalue weighted by Crippen LogP contribution is -2.40. The van der Waals surface area contributed by atoms with Crippen LogP contribution in [0.4, 0.5) is 5.69 Å². The summed E-state index contributed by atoms with van der Waals surface area (Å²) >= 11 is 12.2. The molecule has 2 heterocycles. The molecule has 2 N–H and O–H groups in total. The van der Waals surface area contributed by atoms with E-state index in [2.05, 4.69) is 5.10 Å². The lowest BCUT2D eigenvalue weighted by molar-refractivity contribution is -0.384. The Bertz CT molecular complexity index is 819. The monoisotopic (exact) mass is 419 g/mol. The maximum absolute atomic E-state index is 12.6. The van der Waals surface area contributed by atoms with E-state index in [1.165, 1.54) is 16.8 Å². The summed E-state index contributed by atoms with van der Waals surface area (Å²) in [6.45, 7) is 1.05. The van der Waals surface area contributed by atoms with Crippen molar-refractivity contribution in [1.29, 1.82) is 0 Å². The number of amides is 1. The van der Waals surface area contributed by atoms with E-state index >= 15 is 0 Å². The Balaban J connectivity index is 0.00000243. The summed E-state index contributed by atoms with van der Waals surface area (Å²) in [5.74, 6) is -0.208. The number of hydrogen-bond donors (Lipinski definition) is 1. The third-order valence-electron chi connectivity index (χ3n) is 4.16. The van der Waals surface area contributed by atoms with Crippen LogP contribution in [0.1, 0.15) is 23.3 Å². The van der Waals surface area contributed by atoms with E-state index in [1.54, 1.807) is 17.2 Å². The molecule has 0 bridgehead atoms. The smallest absolute Gasteiger partial charge is 0.274 e. The number of nitro groups is 1. The van der Waals surface area contributed by atoms with Crippen LogP contribution in [-0.2, 0) is 0 Å². The third kappa shape index (κ3) is 3.78. The van der Waals surface area contributed by atoms with Crippen LogP contribution in [0.15, 0.2) is 24.4 Å². The van der Waals surface area contributed by atoms with Crippen molar-refractivity contribution in [3.05, 3.63) is 50.2 Å². The second-order valence-corrected chi connectivity index (χ2v) is 6.51. The minimum atomic E-state index is -0.583. The molecule has 11 heteroatoms. The van der Waals surface area contributed by atoms with Crippen LogP contribution in [0, 0.1) is 10.1 Å². The molecule has 1 aliphatic rings. The zero-order valence-electron chi connectivity index (χ0n) is 13.5. The average molecular weight is 421 g/mol. The van der Waals surface area contributed by atoms with E-state index in [-0.39, 0.29) is 51.5 Å². The van der Waals surface area contributed by atoms with E-state index in [1.807, 2.05) is 0 Å². The number of nitrogens with zero attached hydrogens (tertiary/aromatic N) is 4. The van der Waals surface area contributed by atoms with Gasteiger partial charge in [-0.1, -0.05) is 23.2 Å². The maximum Gasteiger partial charge on any atom is 0.274 e. The Morgan fingerprint density at radius 1 is 1.38 bits per heavy atom. The molecule has 1 aliphatic heterocycles. The standard InChI is InChI=1S/C15H15Cl2N5O3.ClH/c16-11-6-10(22(24)25)7-12(17)14(11)21-5-3-13(19-21)15(23)20-4-1-2-9(20)8-18;/h3,5-7,9H,1-2,4,8,18H2;1H. The highest BCUT2D eigenvalue weighted by molar-refractivity contribution is 6.38. The van der Waals surface area contributed by atoms with Crippen LogP contribution in [0.3, 0.4) is 0 Å². The quantitative estimate of drug-likeness (QED) is 0.604. The SMILES string of the molecule is Cl.NCC1CCCN1C(=O)c1ccn(-c2c(Cl)cc([N+](=O)[O-])cc2Cl)n1. The zero-order chi connectivity index (χ0) is 18.1. The molecule has 0 radical (unpaired) electrons. The van der Waals surface area contributed by atoms with E-state index in [4.69, 9.17) is 28.9 Å². The van der Waals surface area contributed by atoms with Gasteiger partial charge in [-0.2, -0.15) is 5.10 Å². The van der Waals surface area contributed by atoms with Gasteiger partial charge >= 0.3 is 0 Å². The molecule has 0 aliphatic carbocycles. The summed E-state index contributed by atoms with van der Waals surface area (Å²) in [6.07, 6.45) is 3.33. The van der Waals surface area contributed by atoms with Crippen LogP contribution in [0.25, 0.3) is 5.69 Å². The lowest BCUT2D eigenvalue weighted by atomic mass is 10.2. The molecule has 3 rings (SSSR count). The molecule has 1 aromatic carbocycles. The molecular weight excluding hydrogens is 405 g/mol. The van der Waals surface area contributed by atoms with Gasteiger partial charge in [0.15, 0.2) is 5.69 Å². The molecule has 1 unspecified atom stereocenters. The number of benzene rings is 1. The fourth-order valence-electron chi connectivity index (χ4n) is 2.93. The Morgan fingerprint density at radius 2 is 2.04 bits per heavy atom. The van der Waals surface area contributed by atoms with Crippen molar-refractivity contribution in [2.75, 3.05) is 13.1 Å². The predicted molar refractivity (Wildman–Crippen MR) is 101 cm³/mol. The van der Waals surface area contributed by atoms with Gasteiger partial charge in [-0.25, -0.2) is 4.68 Å². The number of halogens is 3. The highest BCUT2D eigenvalue weighted by Gasteiger charge is 2.29. The molecule has 1 aromatic heterocycles. The molecule has 26 heavy (non-hydrogen) atoms. The zero-order valence-corrected chi connectivity index (χ0v) is 15.8. The molecule has 1 saturated heterocycles. The Kier molecular flexibility index (Phi) is 6.46. The van der Waals surface area contributed by atoms with Crippen LogP contribution in [0.5, 0.6) is 0 Å². The molecule has 140 valence electrons. The van der Waals surface area contributed by atoms with Crippen LogP contribution < -0.4 is 5.73 Å². The summed E-state index contributed by atoms with van der Waals surface area (Å²) in [5.41, 5.74) is 6.01. The van der Waals surface area contributed by atoms with Gasteiger partial charge in [0.2, 0.25) is 0 Å². The van der Waals surface area contributed by atoms with E-state index in [0.717, 1.165) is 12.8 Å². The summed E-state index contributed by atoms with van der Waals surface area (Å²) in [4.78, 5) is 24.6. The fraction of sp³-hybridized carbons (Fsp3) is 0.333. The first-order valence-corrected chi connectivity index (χ1v) is 8.38. The van der Waals surface area contributed by atoms with Crippen molar-refractivity contribution in [2.24, 2.45) is 5.73 Å². The first kappa shape index (κ1) is 20.4. The van der Waals surface area contributed by atoms with Gasteiger partial charge in [0.05, 0.1) is 15.0 Å². The topological polar surface area (TPSA) is 107 Å². The van der Waals surface area contributed by atoms with Crippen molar-refractivity contribution < 1.29 is 9.72 Å². The number of hydrogen-bond acceptors (Lipinski definition) is 5. The average Bonchev–Trinajstić information content (AvgIpc) is 3.22. The van der Waals surface area contributed by atoms with E-state index in [0.29, 0.717) is 13.1 Å². The summed E-state index contributed by atoms with van der Waals surface area (Å²) in [5, 5.41) is 15.2. The van der Waals surface area contributed by atoms with Crippen LogP contribution >= 0.6 is 35.6 Å². The highest BCUT2D eigenvalue weighted by atomic mass is 35.5. The van der Waals surface area contributed by atoms with Gasteiger partial charge in [0.25, 0.3) is 11.6 Å². The van der Waals surface area contributed by atoms with Crippen molar-refractivity contribution in [3.63, 3.8) is 0 Å². The van der Waals surface area contributed by atoms with Gasteiger partial charge in [0.1, 0.15) is 5.69 Å². The number of nitrogens with two attached hydrogens (primary N) is 1. The number of carbonyl (C=O) groups is 1. The van der Waals surface area contributed by atoms with Crippen molar-refractivity contribution in [2.45, 2.75) is 18.9 Å². The van der Waals surface area contributed by atoms with Gasteiger partial charge in [-0.3, -0.25) is 14.9 Å². The van der Waals surface area contributed by atoms with E-state index < -0.39 is 4.92 Å². The van der Waals surface area contributed by atoms with Gasteiger partial charge in [-0.15, -0.1) is 12.4 Å². The third-order valence-corrected chi connectivity index (χ3v) is 4.74. The summed E-state index contributed by atoms with van der Waals surface area (Å²) in [7, 11) is 0. The first-order valence-electron chi connectivity index (χ1n) is 7.63. The molecule has 2 aromatic rings. The van der Waals surface area contributed by atoms with Crippen LogP contribution in [0.2, 0.25) is 10.0 Å². The van der Waals surface area contributed by atoms with Crippen LogP contribution in [-0.4, -0.2) is 44.6 Å². The highest BCUT2D eigenvalue weighted by Crippen LogP contribution is 2.33. The second kappa shape index (κ2) is 8.22. The number of rotatable bonds is 4. The predicted octanol–water partition coefficient (Wildman–Crippen LogP) is 3.07. The number of carbonyl (C=O) groups excluding carboxylic acids is 1. The van der Waals surface area contributed by atoms with Gasteiger partial charge < -0.3 is 10.6 Å². The van der Waals surface area contributed by atoms with Crippen molar-refractivity contribution in [1.82, 2.24) is 14.7 Å². The molecule has 1 atom stereocenters.